The van der Waals surface area contributed by atoms with Crippen LogP contribution in [0.2, 0.25) is 0 Å². The van der Waals surface area contributed by atoms with Crippen LogP contribution in [0.15, 0.2) is 4.52 Å². The third-order valence-electron chi connectivity index (χ3n) is 2.16. The Balaban J connectivity index is 2.53. The van der Waals surface area contributed by atoms with Gasteiger partial charge in [0.1, 0.15) is 5.76 Å². The molecule has 1 N–H and O–H groups in total. The molecule has 5 heteroatoms. The van der Waals surface area contributed by atoms with Gasteiger partial charge in [-0.1, -0.05) is 5.16 Å². The zero-order chi connectivity index (χ0) is 10.7. The van der Waals surface area contributed by atoms with Gasteiger partial charge < -0.3 is 9.84 Å². The van der Waals surface area contributed by atoms with Crippen LogP contribution in [-0.2, 0) is 6.54 Å². The van der Waals surface area contributed by atoms with Crippen molar-refractivity contribution >= 4 is 0 Å². The first-order valence-electron chi connectivity index (χ1n) is 4.45. The molecule has 0 radical (unpaired) electrons. The summed E-state index contributed by atoms with van der Waals surface area (Å²) in [5.41, 5.74) is 1.61. The van der Waals surface area contributed by atoms with Crippen LogP contribution < -0.4 is 5.32 Å². The highest BCUT2D eigenvalue weighted by Crippen LogP contribution is 2.12. The molecule has 1 rings (SSSR count). The summed E-state index contributed by atoms with van der Waals surface area (Å²) < 4.78 is 29.2. The maximum absolute atomic E-state index is 12.2. The van der Waals surface area contributed by atoms with Crippen molar-refractivity contribution < 1.29 is 13.3 Å². The molecule has 1 unspecified atom stereocenters. The third kappa shape index (κ3) is 2.51. The summed E-state index contributed by atoms with van der Waals surface area (Å²) in [4.78, 5) is 0. The Morgan fingerprint density at radius 3 is 2.50 bits per heavy atom. The molecule has 1 aromatic rings. The predicted octanol–water partition coefficient (Wildman–Crippen LogP) is 2.03. The Kier molecular flexibility index (Phi) is 3.57. The minimum absolute atomic E-state index is 0.368. The number of hydrogen-bond donors (Lipinski definition) is 1. The molecule has 0 saturated carbocycles. The van der Waals surface area contributed by atoms with Crippen LogP contribution in [0.4, 0.5) is 8.78 Å². The minimum atomic E-state index is -2.35. The van der Waals surface area contributed by atoms with Crippen LogP contribution in [0.1, 0.15) is 23.9 Å². The first-order chi connectivity index (χ1) is 6.52. The van der Waals surface area contributed by atoms with Gasteiger partial charge in [0.15, 0.2) is 0 Å². The maximum Gasteiger partial charge on any atom is 0.253 e. The second-order valence-corrected chi connectivity index (χ2v) is 3.31. The fourth-order valence-corrected chi connectivity index (χ4v) is 1.11. The van der Waals surface area contributed by atoms with Crippen molar-refractivity contribution in [3.8, 4) is 0 Å². The van der Waals surface area contributed by atoms with E-state index in [1.807, 2.05) is 0 Å². The first kappa shape index (κ1) is 11.1. The van der Waals surface area contributed by atoms with Crippen molar-refractivity contribution in [2.45, 2.75) is 39.8 Å². The fourth-order valence-electron chi connectivity index (χ4n) is 1.11. The van der Waals surface area contributed by atoms with Crippen LogP contribution >= 0.6 is 0 Å². The second-order valence-electron chi connectivity index (χ2n) is 3.31. The first-order valence-corrected chi connectivity index (χ1v) is 4.45. The van der Waals surface area contributed by atoms with E-state index in [9.17, 15) is 8.78 Å². The van der Waals surface area contributed by atoms with Crippen molar-refractivity contribution in [1.82, 2.24) is 10.5 Å². The standard InChI is InChI=1S/C9H14F2N2O/c1-5-8(7(3)14-13-5)4-12-6(2)9(10)11/h6,9,12H,4H2,1-3H3. The van der Waals surface area contributed by atoms with Crippen LogP contribution in [0.3, 0.4) is 0 Å². The molecule has 0 spiro atoms. The van der Waals surface area contributed by atoms with E-state index in [-0.39, 0.29) is 0 Å². The van der Waals surface area contributed by atoms with E-state index in [1.165, 1.54) is 6.92 Å². The highest BCUT2D eigenvalue weighted by atomic mass is 19.3. The third-order valence-corrected chi connectivity index (χ3v) is 2.16. The van der Waals surface area contributed by atoms with Gasteiger partial charge in [0.05, 0.1) is 11.7 Å². The van der Waals surface area contributed by atoms with Crippen molar-refractivity contribution in [3.05, 3.63) is 17.0 Å². The zero-order valence-corrected chi connectivity index (χ0v) is 8.47. The molecule has 3 nitrogen and oxygen atoms in total. The Morgan fingerprint density at radius 1 is 1.43 bits per heavy atom. The van der Waals surface area contributed by atoms with Crippen LogP contribution in [0, 0.1) is 13.8 Å². The zero-order valence-electron chi connectivity index (χ0n) is 8.47. The average Bonchev–Trinajstić information content (AvgIpc) is 2.43. The Labute approximate surface area is 81.5 Å². The number of halogens is 2. The Morgan fingerprint density at radius 2 is 2.07 bits per heavy atom. The van der Waals surface area contributed by atoms with Gasteiger partial charge in [0.25, 0.3) is 6.43 Å². The number of aromatic nitrogens is 1. The topological polar surface area (TPSA) is 38.1 Å². The molecule has 0 aromatic carbocycles. The summed E-state index contributed by atoms with van der Waals surface area (Å²) in [6.45, 7) is 5.38. The van der Waals surface area contributed by atoms with Gasteiger partial charge in [-0.3, -0.25) is 0 Å². The summed E-state index contributed by atoms with van der Waals surface area (Å²) >= 11 is 0. The largest absolute Gasteiger partial charge is 0.361 e. The highest BCUT2D eigenvalue weighted by Gasteiger charge is 2.15. The molecular weight excluding hydrogens is 190 g/mol. The number of hydrogen-bond acceptors (Lipinski definition) is 3. The molecule has 1 aromatic heterocycles. The molecule has 14 heavy (non-hydrogen) atoms. The second kappa shape index (κ2) is 4.50. The van der Waals surface area contributed by atoms with E-state index in [1.54, 1.807) is 13.8 Å². The van der Waals surface area contributed by atoms with Gasteiger partial charge in [-0.25, -0.2) is 8.78 Å². The van der Waals surface area contributed by atoms with Crippen LogP contribution in [-0.4, -0.2) is 17.6 Å². The predicted molar refractivity (Wildman–Crippen MR) is 48.3 cm³/mol. The molecule has 1 atom stereocenters. The van der Waals surface area contributed by atoms with E-state index >= 15 is 0 Å². The van der Waals surface area contributed by atoms with Crippen LogP contribution in [0.5, 0.6) is 0 Å². The molecular formula is C9H14F2N2O. The van der Waals surface area contributed by atoms with Gasteiger partial charge >= 0.3 is 0 Å². The Hall–Kier alpha value is -0.970. The molecule has 0 bridgehead atoms. The monoisotopic (exact) mass is 204 g/mol. The summed E-state index contributed by atoms with van der Waals surface area (Å²) in [7, 11) is 0. The summed E-state index contributed by atoms with van der Waals surface area (Å²) in [5, 5.41) is 6.45. The quantitative estimate of drug-likeness (QED) is 0.815. The molecule has 0 aliphatic rings. The average molecular weight is 204 g/mol. The smallest absolute Gasteiger partial charge is 0.253 e. The number of rotatable bonds is 4. The molecule has 0 saturated heterocycles. The molecule has 0 aliphatic carbocycles. The van der Waals surface area contributed by atoms with E-state index in [0.717, 1.165) is 11.3 Å². The van der Waals surface area contributed by atoms with E-state index in [4.69, 9.17) is 4.52 Å². The summed E-state index contributed by atoms with van der Waals surface area (Å²) in [6.07, 6.45) is -2.35. The molecule has 80 valence electrons. The number of alkyl halides is 2. The van der Waals surface area contributed by atoms with Crippen molar-refractivity contribution in [2.75, 3.05) is 0 Å². The lowest BCUT2D eigenvalue weighted by Crippen LogP contribution is -2.32. The van der Waals surface area contributed by atoms with Gasteiger partial charge in [0, 0.05) is 12.1 Å². The van der Waals surface area contributed by atoms with Gasteiger partial charge in [-0.05, 0) is 20.8 Å². The van der Waals surface area contributed by atoms with Crippen molar-refractivity contribution in [1.29, 1.82) is 0 Å². The molecule has 0 amide bonds. The SMILES string of the molecule is Cc1noc(C)c1CNC(C)C(F)F. The molecule has 1 heterocycles. The van der Waals surface area contributed by atoms with Gasteiger partial charge in [-0.15, -0.1) is 0 Å². The lowest BCUT2D eigenvalue weighted by Gasteiger charge is -2.11. The van der Waals surface area contributed by atoms with Crippen molar-refractivity contribution in [2.24, 2.45) is 0 Å². The lowest BCUT2D eigenvalue weighted by molar-refractivity contribution is 0.105. The number of aryl methyl sites for hydroxylation is 2. The van der Waals surface area contributed by atoms with E-state index in [2.05, 4.69) is 10.5 Å². The lowest BCUT2D eigenvalue weighted by atomic mass is 10.2. The fraction of sp³-hybridized carbons (Fsp3) is 0.667. The van der Waals surface area contributed by atoms with Gasteiger partial charge in [0.2, 0.25) is 0 Å². The summed E-state index contributed by atoms with van der Waals surface area (Å²) in [6, 6.07) is -0.816. The van der Waals surface area contributed by atoms with E-state index in [0.29, 0.717) is 12.3 Å². The summed E-state index contributed by atoms with van der Waals surface area (Å²) in [5.74, 6) is 0.677. The normalized spacial score (nSPS) is 13.6. The van der Waals surface area contributed by atoms with E-state index < -0.39 is 12.5 Å². The minimum Gasteiger partial charge on any atom is -0.361 e. The van der Waals surface area contributed by atoms with Gasteiger partial charge in [-0.2, -0.15) is 0 Å². The molecule has 0 aliphatic heterocycles. The van der Waals surface area contributed by atoms with Crippen molar-refractivity contribution in [3.63, 3.8) is 0 Å². The Bertz CT molecular complexity index is 280. The highest BCUT2D eigenvalue weighted by molar-refractivity contribution is 5.20. The van der Waals surface area contributed by atoms with Crippen LogP contribution in [0.25, 0.3) is 0 Å². The number of nitrogens with zero attached hydrogens (tertiary/aromatic N) is 1. The molecule has 0 fully saturated rings. The number of nitrogens with one attached hydrogen (secondary N) is 1. The maximum atomic E-state index is 12.2.